The molecule has 1 aromatic heterocycles. The molecular formula is C19H22N8. The van der Waals surface area contributed by atoms with Crippen molar-refractivity contribution in [3.63, 3.8) is 0 Å². The van der Waals surface area contributed by atoms with Crippen LogP contribution in [-0.2, 0) is 0 Å². The first-order chi connectivity index (χ1) is 13.3. The second kappa shape index (κ2) is 7.99. The van der Waals surface area contributed by atoms with Gasteiger partial charge in [-0.3, -0.25) is 0 Å². The van der Waals surface area contributed by atoms with Crippen molar-refractivity contribution < 1.29 is 0 Å². The third-order valence-corrected chi connectivity index (χ3v) is 4.81. The minimum atomic E-state index is 0.457. The molecule has 2 aliphatic heterocycles. The van der Waals surface area contributed by atoms with Crippen molar-refractivity contribution in [2.75, 3.05) is 41.4 Å². The molecule has 2 aliphatic rings. The zero-order chi connectivity index (χ0) is 18.5. The Balaban J connectivity index is 1.53. The molecule has 0 radical (unpaired) electrons. The zero-order valence-electron chi connectivity index (χ0n) is 15.2. The van der Waals surface area contributed by atoms with E-state index < -0.39 is 0 Å². The highest BCUT2D eigenvalue weighted by Crippen LogP contribution is 2.22. The van der Waals surface area contributed by atoms with Crippen LogP contribution in [0.3, 0.4) is 0 Å². The maximum atomic E-state index is 8.86. The van der Waals surface area contributed by atoms with Gasteiger partial charge in [-0.25, -0.2) is 5.43 Å². The summed E-state index contributed by atoms with van der Waals surface area (Å²) in [7, 11) is 0. The Bertz CT molecular complexity index is 809. The summed E-state index contributed by atoms with van der Waals surface area (Å²) in [4.78, 5) is 18.2. The Morgan fingerprint density at radius 1 is 0.889 bits per heavy atom. The highest BCUT2D eigenvalue weighted by molar-refractivity contribution is 5.80. The SMILES string of the molecule is N#Cc1ccc(/C=N/Nc2nc(N3CCCC3)nc(N3CCCC3)n2)cc1. The number of hydrazone groups is 1. The van der Waals surface area contributed by atoms with Crippen LogP contribution in [0, 0.1) is 11.3 Å². The number of hydrogen-bond donors (Lipinski definition) is 1. The van der Waals surface area contributed by atoms with E-state index in [2.05, 4.69) is 41.3 Å². The monoisotopic (exact) mass is 362 g/mol. The largest absolute Gasteiger partial charge is 0.341 e. The lowest BCUT2D eigenvalue weighted by Gasteiger charge is -2.20. The van der Waals surface area contributed by atoms with Crippen molar-refractivity contribution in [2.24, 2.45) is 5.10 Å². The lowest BCUT2D eigenvalue weighted by molar-refractivity contribution is 0.838. The molecule has 0 amide bonds. The molecule has 0 spiro atoms. The lowest BCUT2D eigenvalue weighted by Crippen LogP contribution is -2.25. The maximum absolute atomic E-state index is 8.86. The third kappa shape index (κ3) is 4.14. The van der Waals surface area contributed by atoms with Crippen molar-refractivity contribution >= 4 is 24.1 Å². The number of benzene rings is 1. The maximum Gasteiger partial charge on any atom is 0.250 e. The van der Waals surface area contributed by atoms with E-state index in [4.69, 9.17) is 5.26 Å². The van der Waals surface area contributed by atoms with Crippen molar-refractivity contribution in [3.8, 4) is 6.07 Å². The predicted octanol–water partition coefficient (Wildman–Crippen LogP) is 2.39. The van der Waals surface area contributed by atoms with Crippen LogP contribution in [0.4, 0.5) is 17.8 Å². The Morgan fingerprint density at radius 2 is 1.44 bits per heavy atom. The summed E-state index contributed by atoms with van der Waals surface area (Å²) < 4.78 is 0. The third-order valence-electron chi connectivity index (χ3n) is 4.81. The summed E-state index contributed by atoms with van der Waals surface area (Å²) in [5.74, 6) is 1.90. The summed E-state index contributed by atoms with van der Waals surface area (Å²) >= 11 is 0. The van der Waals surface area contributed by atoms with E-state index in [0.717, 1.165) is 43.6 Å². The number of nitrogens with zero attached hydrogens (tertiary/aromatic N) is 7. The summed E-state index contributed by atoms with van der Waals surface area (Å²) in [6.07, 6.45) is 6.37. The molecular weight excluding hydrogens is 340 g/mol. The quantitative estimate of drug-likeness (QED) is 0.645. The normalized spacial score (nSPS) is 16.9. The van der Waals surface area contributed by atoms with Gasteiger partial charge in [0.15, 0.2) is 0 Å². The van der Waals surface area contributed by atoms with E-state index in [1.807, 2.05) is 12.1 Å². The van der Waals surface area contributed by atoms with E-state index in [0.29, 0.717) is 11.5 Å². The van der Waals surface area contributed by atoms with Gasteiger partial charge in [0, 0.05) is 26.2 Å². The van der Waals surface area contributed by atoms with Gasteiger partial charge in [0.1, 0.15) is 0 Å². The van der Waals surface area contributed by atoms with Gasteiger partial charge in [-0.1, -0.05) is 12.1 Å². The fourth-order valence-corrected chi connectivity index (χ4v) is 3.33. The molecule has 2 saturated heterocycles. The molecule has 0 saturated carbocycles. The number of anilines is 3. The standard InChI is InChI=1S/C19H22N8/c20-13-15-5-7-16(8-6-15)14-21-25-17-22-18(26-9-1-2-10-26)24-19(23-17)27-11-3-4-12-27/h5-8,14H,1-4,9-12H2,(H,22,23,24,25)/b21-14+. The molecule has 0 unspecified atom stereocenters. The van der Waals surface area contributed by atoms with Gasteiger partial charge in [0.05, 0.1) is 17.8 Å². The minimum Gasteiger partial charge on any atom is -0.341 e. The fraction of sp³-hybridized carbons (Fsp3) is 0.421. The van der Waals surface area contributed by atoms with Crippen LogP contribution in [0.5, 0.6) is 0 Å². The Hall–Kier alpha value is -3.21. The highest BCUT2D eigenvalue weighted by atomic mass is 15.4. The summed E-state index contributed by atoms with van der Waals surface area (Å²) in [6, 6.07) is 9.34. The first-order valence-corrected chi connectivity index (χ1v) is 9.37. The first kappa shape index (κ1) is 17.2. The van der Waals surface area contributed by atoms with Crippen molar-refractivity contribution in [3.05, 3.63) is 35.4 Å². The second-order valence-electron chi connectivity index (χ2n) is 6.75. The molecule has 4 rings (SSSR count). The van der Waals surface area contributed by atoms with E-state index in [1.54, 1.807) is 18.3 Å². The molecule has 27 heavy (non-hydrogen) atoms. The smallest absolute Gasteiger partial charge is 0.250 e. The van der Waals surface area contributed by atoms with Gasteiger partial charge in [-0.05, 0) is 43.4 Å². The highest BCUT2D eigenvalue weighted by Gasteiger charge is 2.21. The number of hydrogen-bond acceptors (Lipinski definition) is 8. The van der Waals surface area contributed by atoms with Crippen LogP contribution in [0.1, 0.15) is 36.8 Å². The van der Waals surface area contributed by atoms with Crippen LogP contribution < -0.4 is 15.2 Å². The van der Waals surface area contributed by atoms with Gasteiger partial charge in [0.2, 0.25) is 17.8 Å². The van der Waals surface area contributed by atoms with Crippen LogP contribution in [0.15, 0.2) is 29.4 Å². The van der Waals surface area contributed by atoms with Crippen molar-refractivity contribution in [1.82, 2.24) is 15.0 Å². The lowest BCUT2D eigenvalue weighted by atomic mass is 10.2. The topological polar surface area (TPSA) is 93.3 Å². The van der Waals surface area contributed by atoms with Crippen molar-refractivity contribution in [1.29, 1.82) is 5.26 Å². The first-order valence-electron chi connectivity index (χ1n) is 9.37. The van der Waals surface area contributed by atoms with Crippen LogP contribution in [-0.4, -0.2) is 47.3 Å². The minimum absolute atomic E-state index is 0.457. The number of nitrogens with one attached hydrogen (secondary N) is 1. The molecule has 8 heteroatoms. The molecule has 3 heterocycles. The second-order valence-corrected chi connectivity index (χ2v) is 6.75. The predicted molar refractivity (Wildman–Crippen MR) is 105 cm³/mol. The number of aromatic nitrogens is 3. The number of rotatable bonds is 5. The van der Waals surface area contributed by atoms with E-state index in [-0.39, 0.29) is 0 Å². The van der Waals surface area contributed by atoms with Gasteiger partial charge < -0.3 is 9.80 Å². The molecule has 0 atom stereocenters. The molecule has 2 aromatic rings. The Morgan fingerprint density at radius 3 is 1.96 bits per heavy atom. The molecule has 0 bridgehead atoms. The van der Waals surface area contributed by atoms with Gasteiger partial charge >= 0.3 is 0 Å². The van der Waals surface area contributed by atoms with E-state index in [1.165, 1.54) is 25.7 Å². The zero-order valence-corrected chi connectivity index (χ0v) is 15.2. The van der Waals surface area contributed by atoms with Gasteiger partial charge in [0.25, 0.3) is 0 Å². The molecule has 1 aromatic carbocycles. The van der Waals surface area contributed by atoms with Crippen molar-refractivity contribution in [2.45, 2.75) is 25.7 Å². The fourth-order valence-electron chi connectivity index (χ4n) is 3.33. The average Bonchev–Trinajstić information content (AvgIpc) is 3.42. The van der Waals surface area contributed by atoms with E-state index in [9.17, 15) is 0 Å². The summed E-state index contributed by atoms with van der Waals surface area (Å²) in [5, 5.41) is 13.1. The van der Waals surface area contributed by atoms with Crippen LogP contribution in [0.25, 0.3) is 0 Å². The Kier molecular flexibility index (Phi) is 5.10. The Labute approximate surface area is 158 Å². The van der Waals surface area contributed by atoms with Crippen LogP contribution >= 0.6 is 0 Å². The summed E-state index contributed by atoms with van der Waals surface area (Å²) in [5.41, 5.74) is 4.46. The molecule has 2 fully saturated rings. The molecule has 8 nitrogen and oxygen atoms in total. The number of nitriles is 1. The molecule has 0 aliphatic carbocycles. The van der Waals surface area contributed by atoms with Gasteiger partial charge in [-0.2, -0.15) is 25.3 Å². The summed E-state index contributed by atoms with van der Waals surface area (Å²) in [6.45, 7) is 3.93. The van der Waals surface area contributed by atoms with Crippen LogP contribution in [0.2, 0.25) is 0 Å². The molecule has 138 valence electrons. The van der Waals surface area contributed by atoms with Gasteiger partial charge in [-0.15, -0.1) is 0 Å². The average molecular weight is 362 g/mol. The molecule has 1 N–H and O–H groups in total. The van der Waals surface area contributed by atoms with E-state index >= 15 is 0 Å².